The standard InChI is InChI=1S/C18H21N3O2S/c22-16(11-3-5-20-12(7-11)1-2-17(20)23)8-14-18-13(4-6-24-18)15-9-19-10-21(14)15/h4,6,9-12,14,16,22H,1-3,5,7-8H2/t11-,12+,14-,16+/m1/s1. The van der Waals surface area contributed by atoms with Crippen molar-refractivity contribution in [2.75, 3.05) is 6.54 Å². The number of carbonyl (C=O) groups excluding carboxylic acids is 1. The van der Waals surface area contributed by atoms with Crippen LogP contribution in [-0.4, -0.2) is 44.2 Å². The molecule has 24 heavy (non-hydrogen) atoms. The fourth-order valence-corrected chi connectivity index (χ4v) is 5.80. The molecule has 5 nitrogen and oxygen atoms in total. The molecule has 2 aromatic rings. The maximum absolute atomic E-state index is 11.8. The summed E-state index contributed by atoms with van der Waals surface area (Å²) in [7, 11) is 0. The van der Waals surface area contributed by atoms with Crippen LogP contribution >= 0.6 is 11.3 Å². The van der Waals surface area contributed by atoms with Gasteiger partial charge in [0.1, 0.15) is 0 Å². The lowest BCUT2D eigenvalue weighted by atomic mass is 9.84. The minimum absolute atomic E-state index is 0.204. The molecule has 0 saturated carbocycles. The zero-order valence-electron chi connectivity index (χ0n) is 13.5. The van der Waals surface area contributed by atoms with Gasteiger partial charge >= 0.3 is 0 Å². The molecule has 1 N–H and O–H groups in total. The van der Waals surface area contributed by atoms with E-state index in [4.69, 9.17) is 0 Å². The van der Waals surface area contributed by atoms with Crippen molar-refractivity contribution in [2.24, 2.45) is 5.92 Å². The average Bonchev–Trinajstić information content (AvgIpc) is 3.33. The van der Waals surface area contributed by atoms with Crippen molar-refractivity contribution < 1.29 is 9.90 Å². The minimum Gasteiger partial charge on any atom is -0.393 e. The number of fused-ring (bicyclic) bond motifs is 4. The van der Waals surface area contributed by atoms with Crippen LogP contribution in [0.3, 0.4) is 0 Å². The minimum atomic E-state index is -0.323. The molecule has 0 bridgehead atoms. The Hall–Kier alpha value is -1.66. The van der Waals surface area contributed by atoms with Gasteiger partial charge in [-0.25, -0.2) is 4.98 Å². The van der Waals surface area contributed by atoms with E-state index in [1.165, 1.54) is 16.1 Å². The number of amides is 1. The Morgan fingerprint density at radius 3 is 3.25 bits per heavy atom. The molecule has 0 unspecified atom stereocenters. The first-order valence-corrected chi connectivity index (χ1v) is 9.67. The Bertz CT molecular complexity index is 743. The maximum Gasteiger partial charge on any atom is 0.222 e. The van der Waals surface area contributed by atoms with Crippen LogP contribution in [0.2, 0.25) is 0 Å². The van der Waals surface area contributed by atoms with Crippen LogP contribution in [0.4, 0.5) is 0 Å². The third kappa shape index (κ3) is 2.09. The molecular formula is C18H21N3O2S. The van der Waals surface area contributed by atoms with Gasteiger partial charge in [-0.05, 0) is 43.0 Å². The molecule has 0 aromatic carbocycles. The molecule has 0 radical (unpaired) electrons. The SMILES string of the molecule is O=C1CC[C@H]2C[C@H]([C@@H](O)C[C@@H]3c4sccc4-c4cncn43)CCN12. The van der Waals surface area contributed by atoms with Gasteiger partial charge in [0.2, 0.25) is 5.91 Å². The fourth-order valence-electron chi connectivity index (χ4n) is 4.79. The van der Waals surface area contributed by atoms with Gasteiger partial charge in [-0.2, -0.15) is 0 Å². The molecule has 0 aliphatic carbocycles. The summed E-state index contributed by atoms with van der Waals surface area (Å²) < 4.78 is 2.21. The van der Waals surface area contributed by atoms with Crippen LogP contribution < -0.4 is 0 Å². The number of carbonyl (C=O) groups is 1. The van der Waals surface area contributed by atoms with Crippen LogP contribution in [0, 0.1) is 5.92 Å². The summed E-state index contributed by atoms with van der Waals surface area (Å²) >= 11 is 1.77. The van der Waals surface area contributed by atoms with E-state index in [1.807, 2.05) is 17.4 Å². The molecule has 4 atom stereocenters. The lowest BCUT2D eigenvalue weighted by Crippen LogP contribution is -2.43. The fraction of sp³-hybridized carbons (Fsp3) is 0.556. The van der Waals surface area contributed by atoms with Crippen LogP contribution in [0.25, 0.3) is 11.3 Å². The number of aliphatic hydroxyl groups is 1. The second-order valence-corrected chi connectivity index (χ2v) is 8.22. The first-order chi connectivity index (χ1) is 11.7. The van der Waals surface area contributed by atoms with Crippen LogP contribution in [0.15, 0.2) is 24.0 Å². The predicted molar refractivity (Wildman–Crippen MR) is 91.8 cm³/mol. The van der Waals surface area contributed by atoms with E-state index in [9.17, 15) is 9.90 Å². The molecule has 6 heteroatoms. The van der Waals surface area contributed by atoms with Gasteiger partial charge in [0, 0.05) is 29.4 Å². The lowest BCUT2D eigenvalue weighted by molar-refractivity contribution is -0.131. The van der Waals surface area contributed by atoms with E-state index < -0.39 is 0 Å². The number of nitrogens with zero attached hydrogens (tertiary/aromatic N) is 3. The van der Waals surface area contributed by atoms with Crippen molar-refractivity contribution >= 4 is 17.2 Å². The second-order valence-electron chi connectivity index (χ2n) is 7.27. The third-order valence-electron chi connectivity index (χ3n) is 6.05. The van der Waals surface area contributed by atoms with Crippen LogP contribution in [-0.2, 0) is 4.79 Å². The van der Waals surface area contributed by atoms with Gasteiger partial charge < -0.3 is 14.6 Å². The summed E-state index contributed by atoms with van der Waals surface area (Å²) in [6.07, 6.45) is 7.74. The Labute approximate surface area is 144 Å². The predicted octanol–water partition coefficient (Wildman–Crippen LogP) is 2.67. The second kappa shape index (κ2) is 5.43. The highest BCUT2D eigenvalue weighted by Gasteiger charge is 2.40. The van der Waals surface area contributed by atoms with Gasteiger partial charge in [-0.3, -0.25) is 4.79 Å². The van der Waals surface area contributed by atoms with Gasteiger partial charge in [-0.1, -0.05) is 0 Å². The van der Waals surface area contributed by atoms with Crippen molar-refractivity contribution in [3.8, 4) is 11.3 Å². The monoisotopic (exact) mass is 343 g/mol. The van der Waals surface area contributed by atoms with Crippen molar-refractivity contribution in [3.63, 3.8) is 0 Å². The number of aliphatic hydroxyl groups excluding tert-OH is 1. The number of aromatic nitrogens is 2. The van der Waals surface area contributed by atoms with Crippen molar-refractivity contribution in [2.45, 2.75) is 50.3 Å². The summed E-state index contributed by atoms with van der Waals surface area (Å²) in [6, 6.07) is 2.72. The van der Waals surface area contributed by atoms with Gasteiger partial charge in [-0.15, -0.1) is 11.3 Å². The molecule has 2 fully saturated rings. The van der Waals surface area contributed by atoms with Crippen LogP contribution in [0.1, 0.15) is 43.0 Å². The van der Waals surface area contributed by atoms with Crippen molar-refractivity contribution in [3.05, 3.63) is 28.8 Å². The third-order valence-corrected chi connectivity index (χ3v) is 7.07. The number of hydrogen-bond acceptors (Lipinski definition) is 4. The molecule has 0 spiro atoms. The number of rotatable bonds is 3. The van der Waals surface area contributed by atoms with E-state index in [1.54, 1.807) is 11.3 Å². The molecule has 5 rings (SSSR count). The molecular weight excluding hydrogens is 322 g/mol. The number of imidazole rings is 1. The quantitative estimate of drug-likeness (QED) is 0.932. The largest absolute Gasteiger partial charge is 0.393 e. The van der Waals surface area contributed by atoms with Gasteiger partial charge in [0.25, 0.3) is 0 Å². The van der Waals surface area contributed by atoms with Crippen molar-refractivity contribution in [1.29, 1.82) is 0 Å². The van der Waals surface area contributed by atoms with E-state index >= 15 is 0 Å². The number of piperidine rings is 1. The summed E-state index contributed by atoms with van der Waals surface area (Å²) in [5.74, 6) is 0.600. The van der Waals surface area contributed by atoms with Crippen LogP contribution in [0.5, 0.6) is 0 Å². The molecule has 1 amide bonds. The Morgan fingerprint density at radius 2 is 2.33 bits per heavy atom. The highest BCUT2D eigenvalue weighted by Crippen LogP contribution is 2.45. The topological polar surface area (TPSA) is 58.4 Å². The van der Waals surface area contributed by atoms with E-state index in [2.05, 4.69) is 21.0 Å². The zero-order valence-corrected chi connectivity index (χ0v) is 14.3. The van der Waals surface area contributed by atoms with Crippen molar-refractivity contribution in [1.82, 2.24) is 14.5 Å². The molecule has 126 valence electrons. The van der Waals surface area contributed by atoms with Gasteiger partial charge in [0.15, 0.2) is 0 Å². The highest BCUT2D eigenvalue weighted by atomic mass is 32.1. The molecule has 2 aromatic heterocycles. The van der Waals surface area contributed by atoms with E-state index in [-0.39, 0.29) is 12.1 Å². The summed E-state index contributed by atoms with van der Waals surface area (Å²) in [5.41, 5.74) is 2.44. The summed E-state index contributed by atoms with van der Waals surface area (Å²) in [5, 5.41) is 13.0. The Balaban J connectivity index is 1.33. The summed E-state index contributed by atoms with van der Waals surface area (Å²) in [6.45, 7) is 0.816. The first kappa shape index (κ1) is 14.7. The highest BCUT2D eigenvalue weighted by molar-refractivity contribution is 7.10. The van der Waals surface area contributed by atoms with E-state index in [0.717, 1.165) is 32.2 Å². The van der Waals surface area contributed by atoms with Gasteiger partial charge in [0.05, 0.1) is 30.4 Å². The molecule has 5 heterocycles. The Kier molecular flexibility index (Phi) is 3.31. The first-order valence-electron chi connectivity index (χ1n) is 8.79. The molecule has 2 saturated heterocycles. The lowest BCUT2D eigenvalue weighted by Gasteiger charge is -2.37. The smallest absolute Gasteiger partial charge is 0.222 e. The normalized spacial score (nSPS) is 29.5. The Morgan fingerprint density at radius 1 is 1.42 bits per heavy atom. The number of thiophene rings is 1. The molecule has 3 aliphatic rings. The summed E-state index contributed by atoms with van der Waals surface area (Å²) in [4.78, 5) is 19.5. The molecule has 3 aliphatic heterocycles. The maximum atomic E-state index is 11.8. The number of hydrogen-bond donors (Lipinski definition) is 1. The average molecular weight is 343 g/mol. The van der Waals surface area contributed by atoms with E-state index in [0.29, 0.717) is 24.3 Å². The zero-order chi connectivity index (χ0) is 16.3.